The number of aliphatic hydroxyl groups excluding tert-OH is 2. The smallest absolute Gasteiger partial charge is 0.338 e. The van der Waals surface area contributed by atoms with Crippen LogP contribution in [0.5, 0.6) is 0 Å². The van der Waals surface area contributed by atoms with Crippen molar-refractivity contribution in [3.05, 3.63) is 35.9 Å². The maximum atomic E-state index is 12.1. The van der Waals surface area contributed by atoms with Crippen LogP contribution >= 0.6 is 0 Å². The van der Waals surface area contributed by atoms with E-state index in [1.165, 1.54) is 0 Å². The summed E-state index contributed by atoms with van der Waals surface area (Å²) in [5.74, 6) is -2.41. The molecule has 1 fully saturated rings. The number of carbonyl (C=O) groups is 2. The fourth-order valence-electron chi connectivity index (χ4n) is 2.42. The van der Waals surface area contributed by atoms with Gasteiger partial charge in [0.25, 0.3) is 0 Å². The number of hydrogen-bond acceptors (Lipinski definition) is 6. The van der Waals surface area contributed by atoms with Crippen LogP contribution in [0, 0.1) is 5.92 Å². The van der Waals surface area contributed by atoms with Gasteiger partial charge in [-0.1, -0.05) is 18.2 Å². The molecule has 3 N–H and O–H groups in total. The molecule has 0 aliphatic carbocycles. The zero-order valence-electron chi connectivity index (χ0n) is 11.8. The van der Waals surface area contributed by atoms with Crippen molar-refractivity contribution < 1.29 is 34.4 Å². The number of carbonyl (C=O) groups excluding carboxylic acids is 1. The summed E-state index contributed by atoms with van der Waals surface area (Å²) in [5, 5.41) is 28.2. The van der Waals surface area contributed by atoms with Gasteiger partial charge < -0.3 is 24.8 Å². The van der Waals surface area contributed by atoms with Crippen molar-refractivity contribution in [2.45, 2.75) is 24.7 Å². The van der Waals surface area contributed by atoms with Crippen LogP contribution in [0.15, 0.2) is 30.3 Å². The van der Waals surface area contributed by atoms with Crippen molar-refractivity contribution in [1.82, 2.24) is 0 Å². The number of carboxylic acid groups (broad SMARTS) is 1. The van der Waals surface area contributed by atoms with Gasteiger partial charge in [0.05, 0.1) is 25.2 Å². The predicted molar refractivity (Wildman–Crippen MR) is 74.2 cm³/mol. The zero-order valence-corrected chi connectivity index (χ0v) is 11.8. The normalized spacial score (nSPS) is 28.1. The van der Waals surface area contributed by atoms with E-state index in [-0.39, 0.29) is 13.0 Å². The van der Waals surface area contributed by atoms with Crippen LogP contribution in [-0.2, 0) is 14.3 Å². The molecule has 7 nitrogen and oxygen atoms in total. The Morgan fingerprint density at radius 2 is 1.95 bits per heavy atom. The molecule has 2 rings (SSSR count). The van der Waals surface area contributed by atoms with Crippen molar-refractivity contribution in [3.8, 4) is 0 Å². The lowest BCUT2D eigenvalue weighted by molar-refractivity contribution is -0.181. The SMILES string of the molecule is O=C(O)C[C@H]1CO[C@H](CO)[C@@H](O)[C@@H]1OC(=O)c1ccccc1. The molecule has 0 spiro atoms. The van der Waals surface area contributed by atoms with Gasteiger partial charge in [0.15, 0.2) is 0 Å². The molecule has 120 valence electrons. The lowest BCUT2D eigenvalue weighted by atomic mass is 9.89. The minimum atomic E-state index is -1.28. The number of hydrogen-bond donors (Lipinski definition) is 3. The number of aliphatic carboxylic acids is 1. The first kappa shape index (κ1) is 16.4. The lowest BCUT2D eigenvalue weighted by Crippen LogP contribution is -2.53. The molecule has 0 saturated carbocycles. The molecule has 4 atom stereocenters. The summed E-state index contributed by atoms with van der Waals surface area (Å²) in [6.07, 6.45) is -3.54. The number of esters is 1. The Morgan fingerprint density at radius 3 is 2.55 bits per heavy atom. The van der Waals surface area contributed by atoms with E-state index in [0.717, 1.165) is 0 Å². The number of aliphatic hydroxyl groups is 2. The summed E-state index contributed by atoms with van der Waals surface area (Å²) in [7, 11) is 0. The van der Waals surface area contributed by atoms with E-state index in [1.807, 2.05) is 0 Å². The highest BCUT2D eigenvalue weighted by Crippen LogP contribution is 2.26. The zero-order chi connectivity index (χ0) is 16.1. The van der Waals surface area contributed by atoms with Crippen molar-refractivity contribution in [1.29, 1.82) is 0 Å². The quantitative estimate of drug-likeness (QED) is 0.659. The van der Waals surface area contributed by atoms with Crippen molar-refractivity contribution in [2.75, 3.05) is 13.2 Å². The molecule has 0 unspecified atom stereocenters. The second-order valence-electron chi connectivity index (χ2n) is 5.14. The van der Waals surface area contributed by atoms with Gasteiger partial charge in [-0.25, -0.2) is 4.79 Å². The van der Waals surface area contributed by atoms with Gasteiger partial charge >= 0.3 is 11.9 Å². The van der Waals surface area contributed by atoms with Gasteiger partial charge in [-0.2, -0.15) is 0 Å². The third-order valence-electron chi connectivity index (χ3n) is 3.58. The fourth-order valence-corrected chi connectivity index (χ4v) is 2.42. The van der Waals surface area contributed by atoms with Crippen LogP contribution < -0.4 is 0 Å². The van der Waals surface area contributed by atoms with Crippen LogP contribution in [0.25, 0.3) is 0 Å². The first-order valence-electron chi connectivity index (χ1n) is 6.91. The van der Waals surface area contributed by atoms with E-state index in [1.54, 1.807) is 30.3 Å². The molecule has 0 radical (unpaired) electrons. The molecule has 0 bridgehead atoms. The highest BCUT2D eigenvalue weighted by Gasteiger charge is 2.42. The molecule has 0 amide bonds. The van der Waals surface area contributed by atoms with Gasteiger partial charge in [-0.05, 0) is 12.1 Å². The average Bonchev–Trinajstić information content (AvgIpc) is 2.51. The monoisotopic (exact) mass is 310 g/mol. The molecule has 1 aliphatic rings. The van der Waals surface area contributed by atoms with Crippen LogP contribution in [-0.4, -0.2) is 58.8 Å². The van der Waals surface area contributed by atoms with Crippen LogP contribution in [0.1, 0.15) is 16.8 Å². The van der Waals surface area contributed by atoms with E-state index in [9.17, 15) is 14.7 Å². The Balaban J connectivity index is 2.14. The third-order valence-corrected chi connectivity index (χ3v) is 3.58. The Bertz CT molecular complexity index is 516. The Kier molecular flexibility index (Phi) is 5.48. The largest absolute Gasteiger partial charge is 0.481 e. The number of ether oxygens (including phenoxy) is 2. The van der Waals surface area contributed by atoms with Crippen LogP contribution in [0.2, 0.25) is 0 Å². The average molecular weight is 310 g/mol. The summed E-state index contributed by atoms with van der Waals surface area (Å²) < 4.78 is 10.5. The van der Waals surface area contributed by atoms with Crippen LogP contribution in [0.3, 0.4) is 0 Å². The maximum absolute atomic E-state index is 12.1. The number of carboxylic acids is 1. The number of rotatable bonds is 5. The van der Waals surface area contributed by atoms with Gasteiger partial charge in [0.2, 0.25) is 0 Å². The molecular weight excluding hydrogens is 292 g/mol. The Labute approximate surface area is 127 Å². The molecule has 1 heterocycles. The standard InChI is InChI=1S/C15H18O7/c16-7-11-13(19)14(10(8-21-11)6-12(17)18)22-15(20)9-4-2-1-3-5-9/h1-5,10-11,13-14,16,19H,6-8H2,(H,17,18)/t10-,11+,13+,14+/m0/s1. The summed E-state index contributed by atoms with van der Waals surface area (Å²) in [5.41, 5.74) is 0.302. The highest BCUT2D eigenvalue weighted by molar-refractivity contribution is 5.89. The minimum absolute atomic E-state index is 0.0126. The molecule has 7 heteroatoms. The van der Waals surface area contributed by atoms with Gasteiger partial charge in [-0.15, -0.1) is 0 Å². The van der Waals surface area contributed by atoms with E-state index < -0.39 is 42.8 Å². The Morgan fingerprint density at radius 1 is 1.27 bits per heavy atom. The molecule has 0 aromatic heterocycles. The second-order valence-corrected chi connectivity index (χ2v) is 5.14. The van der Waals surface area contributed by atoms with E-state index in [2.05, 4.69) is 0 Å². The summed E-state index contributed by atoms with van der Waals surface area (Å²) in [4.78, 5) is 23.0. The summed E-state index contributed by atoms with van der Waals surface area (Å²) >= 11 is 0. The topological polar surface area (TPSA) is 113 Å². The van der Waals surface area contributed by atoms with Gasteiger partial charge in [0, 0.05) is 5.92 Å². The van der Waals surface area contributed by atoms with Crippen molar-refractivity contribution >= 4 is 11.9 Å². The van der Waals surface area contributed by atoms with Gasteiger partial charge in [-0.3, -0.25) is 4.79 Å². The van der Waals surface area contributed by atoms with E-state index >= 15 is 0 Å². The Hall–Kier alpha value is -1.96. The predicted octanol–water partition coefficient (Wildman–Crippen LogP) is 0.0549. The highest BCUT2D eigenvalue weighted by atomic mass is 16.6. The molecular formula is C15H18O7. The fraction of sp³-hybridized carbons (Fsp3) is 0.467. The minimum Gasteiger partial charge on any atom is -0.481 e. The molecule has 1 saturated heterocycles. The molecule has 1 aromatic carbocycles. The summed E-state index contributed by atoms with van der Waals surface area (Å²) in [6, 6.07) is 8.20. The summed E-state index contributed by atoms with van der Waals surface area (Å²) in [6.45, 7) is -0.457. The van der Waals surface area contributed by atoms with Crippen molar-refractivity contribution in [2.24, 2.45) is 5.92 Å². The van der Waals surface area contributed by atoms with E-state index in [4.69, 9.17) is 19.7 Å². The van der Waals surface area contributed by atoms with Gasteiger partial charge in [0.1, 0.15) is 18.3 Å². The first-order valence-corrected chi connectivity index (χ1v) is 6.91. The second kappa shape index (κ2) is 7.35. The van der Waals surface area contributed by atoms with Crippen LogP contribution in [0.4, 0.5) is 0 Å². The number of benzene rings is 1. The molecule has 22 heavy (non-hydrogen) atoms. The first-order chi connectivity index (χ1) is 10.5. The van der Waals surface area contributed by atoms with E-state index in [0.29, 0.717) is 5.56 Å². The molecule has 1 aliphatic heterocycles. The van der Waals surface area contributed by atoms with Crippen molar-refractivity contribution in [3.63, 3.8) is 0 Å². The maximum Gasteiger partial charge on any atom is 0.338 e. The lowest BCUT2D eigenvalue weighted by Gasteiger charge is -2.38. The third kappa shape index (κ3) is 3.82. The molecule has 1 aromatic rings.